The van der Waals surface area contributed by atoms with E-state index in [0.29, 0.717) is 5.69 Å². The summed E-state index contributed by atoms with van der Waals surface area (Å²) in [5, 5.41) is 6.40. The summed E-state index contributed by atoms with van der Waals surface area (Å²) in [6.45, 7) is 1.79. The normalized spacial score (nSPS) is 17.0. The van der Waals surface area contributed by atoms with Crippen molar-refractivity contribution in [2.24, 2.45) is 0 Å². The number of ether oxygens (including phenoxy) is 1. The molecule has 1 fully saturated rings. The lowest BCUT2D eigenvalue weighted by Gasteiger charge is -2.14. The largest absolute Gasteiger partial charge is 0.442 e. The average molecular weight is 354 g/mol. The van der Waals surface area contributed by atoms with Crippen molar-refractivity contribution in [3.63, 3.8) is 0 Å². The first-order valence-corrected chi connectivity index (χ1v) is 7.41. The lowest BCUT2D eigenvalue weighted by Crippen LogP contribution is -2.33. The number of hydrogen-bond donors (Lipinski definition) is 1. The fourth-order valence-corrected chi connectivity index (χ4v) is 2.43. The second-order valence-electron chi connectivity index (χ2n) is 5.15. The van der Waals surface area contributed by atoms with Crippen LogP contribution in [0.15, 0.2) is 24.5 Å². The van der Waals surface area contributed by atoms with Crippen LogP contribution in [0.4, 0.5) is 14.9 Å². The average Bonchev–Trinajstić information content (AvgIpc) is 3.11. The van der Waals surface area contributed by atoms with Gasteiger partial charge in [0.1, 0.15) is 18.1 Å². The molecule has 1 aromatic carbocycles. The number of nitrogens with zero attached hydrogens (tertiary/aromatic N) is 4. The number of carbonyl (C=O) groups is 2. The molecule has 3 rings (SSSR count). The molecule has 0 bridgehead atoms. The van der Waals surface area contributed by atoms with Gasteiger partial charge in [-0.1, -0.05) is 0 Å². The number of cyclic esters (lactones) is 1. The first-order chi connectivity index (χ1) is 11.4. The van der Waals surface area contributed by atoms with Crippen molar-refractivity contribution in [3.8, 4) is 5.69 Å². The minimum absolute atomic E-state index is 0.00223. The van der Waals surface area contributed by atoms with Crippen molar-refractivity contribution < 1.29 is 18.7 Å². The molecule has 0 saturated carbocycles. The summed E-state index contributed by atoms with van der Waals surface area (Å²) in [5.41, 5.74) is 0.498. The van der Waals surface area contributed by atoms with Gasteiger partial charge >= 0.3 is 6.09 Å². The number of amides is 2. The van der Waals surface area contributed by atoms with E-state index in [4.69, 9.17) is 16.3 Å². The molecule has 2 aromatic rings. The topological polar surface area (TPSA) is 89.4 Å². The molecule has 2 amide bonds. The van der Waals surface area contributed by atoms with Crippen LogP contribution >= 0.6 is 11.6 Å². The van der Waals surface area contributed by atoms with Gasteiger partial charge in [-0.2, -0.15) is 0 Å². The molecule has 0 aliphatic carbocycles. The van der Waals surface area contributed by atoms with E-state index in [1.165, 1.54) is 35.0 Å². The Labute approximate surface area is 141 Å². The summed E-state index contributed by atoms with van der Waals surface area (Å²) in [5.74, 6) is -0.807. The molecule has 1 aliphatic heterocycles. The van der Waals surface area contributed by atoms with Crippen molar-refractivity contribution in [1.29, 1.82) is 0 Å². The molecular weight excluding hydrogens is 341 g/mol. The van der Waals surface area contributed by atoms with Crippen LogP contribution in [0.25, 0.3) is 5.69 Å². The molecule has 24 heavy (non-hydrogen) atoms. The van der Waals surface area contributed by atoms with Crippen LogP contribution < -0.4 is 10.2 Å². The Morgan fingerprint density at radius 3 is 2.96 bits per heavy atom. The highest BCUT2D eigenvalue weighted by molar-refractivity contribution is 6.28. The van der Waals surface area contributed by atoms with Gasteiger partial charge in [0.15, 0.2) is 5.82 Å². The number of benzene rings is 1. The van der Waals surface area contributed by atoms with E-state index in [-0.39, 0.29) is 30.0 Å². The van der Waals surface area contributed by atoms with E-state index in [2.05, 4.69) is 15.4 Å². The molecule has 0 radical (unpaired) electrons. The van der Waals surface area contributed by atoms with E-state index < -0.39 is 18.0 Å². The molecule has 1 saturated heterocycles. The monoisotopic (exact) mass is 353 g/mol. The molecule has 0 spiro atoms. The Bertz CT molecular complexity index is 796. The third kappa shape index (κ3) is 3.30. The molecule has 10 heteroatoms. The molecule has 8 nitrogen and oxygen atoms in total. The number of halogens is 2. The van der Waals surface area contributed by atoms with Gasteiger partial charge in [0.25, 0.3) is 0 Å². The molecule has 126 valence electrons. The molecule has 0 unspecified atom stereocenters. The van der Waals surface area contributed by atoms with E-state index in [1.54, 1.807) is 6.07 Å². The molecule has 1 atom stereocenters. The Morgan fingerprint density at radius 2 is 2.33 bits per heavy atom. The van der Waals surface area contributed by atoms with Crippen LogP contribution in [0.1, 0.15) is 6.92 Å². The third-order valence-corrected chi connectivity index (χ3v) is 3.58. The second kappa shape index (κ2) is 6.44. The van der Waals surface area contributed by atoms with Gasteiger partial charge < -0.3 is 10.1 Å². The number of aromatic nitrogens is 3. The van der Waals surface area contributed by atoms with E-state index in [1.807, 2.05) is 0 Å². The molecule has 2 heterocycles. The SMILES string of the molecule is CC(=O)NC[C@H]1CN(c2ccc(-n3cnc(Cl)n3)c(F)c2)C(=O)O1. The maximum atomic E-state index is 14.3. The molecule has 1 aromatic heterocycles. The standard InChI is InChI=1S/C14H13ClFN5O3/c1-8(22)17-5-10-6-20(14(23)24-10)9-2-3-12(11(16)4-9)21-7-18-13(15)19-21/h2-4,7,10H,5-6H2,1H3,(H,17,22)/t10-/m0/s1. The summed E-state index contributed by atoms with van der Waals surface area (Å²) in [7, 11) is 0. The van der Waals surface area contributed by atoms with Crippen molar-refractivity contribution in [2.75, 3.05) is 18.0 Å². The van der Waals surface area contributed by atoms with Crippen LogP contribution in [0.3, 0.4) is 0 Å². The smallest absolute Gasteiger partial charge is 0.414 e. The predicted octanol–water partition coefficient (Wildman–Crippen LogP) is 1.52. The van der Waals surface area contributed by atoms with E-state index in [0.717, 1.165) is 0 Å². The van der Waals surface area contributed by atoms with Crippen LogP contribution in [0, 0.1) is 5.82 Å². The zero-order valence-corrected chi connectivity index (χ0v) is 13.3. The van der Waals surface area contributed by atoms with Gasteiger partial charge in [-0.05, 0) is 29.8 Å². The third-order valence-electron chi connectivity index (χ3n) is 3.41. The van der Waals surface area contributed by atoms with Gasteiger partial charge in [-0.15, -0.1) is 5.10 Å². The van der Waals surface area contributed by atoms with Gasteiger partial charge in [0.05, 0.1) is 18.8 Å². The van der Waals surface area contributed by atoms with E-state index >= 15 is 0 Å². The number of hydrogen-bond acceptors (Lipinski definition) is 5. The van der Waals surface area contributed by atoms with Gasteiger partial charge in [-0.3, -0.25) is 9.69 Å². The zero-order chi connectivity index (χ0) is 17.3. The maximum absolute atomic E-state index is 14.3. The number of nitrogens with one attached hydrogen (secondary N) is 1. The van der Waals surface area contributed by atoms with Crippen LogP contribution in [-0.2, 0) is 9.53 Å². The summed E-state index contributed by atoms with van der Waals surface area (Å²) >= 11 is 5.62. The van der Waals surface area contributed by atoms with Gasteiger partial charge in [-0.25, -0.2) is 18.9 Å². The highest BCUT2D eigenvalue weighted by Crippen LogP contribution is 2.25. The first-order valence-electron chi connectivity index (χ1n) is 7.03. The predicted molar refractivity (Wildman–Crippen MR) is 82.6 cm³/mol. The maximum Gasteiger partial charge on any atom is 0.414 e. The van der Waals surface area contributed by atoms with Crippen LogP contribution in [0.2, 0.25) is 5.28 Å². The van der Waals surface area contributed by atoms with Crippen LogP contribution in [0.5, 0.6) is 0 Å². The minimum Gasteiger partial charge on any atom is -0.442 e. The quantitative estimate of drug-likeness (QED) is 0.900. The minimum atomic E-state index is -0.596. The summed E-state index contributed by atoms with van der Waals surface area (Å²) in [4.78, 5) is 27.9. The van der Waals surface area contributed by atoms with Crippen molar-refractivity contribution in [1.82, 2.24) is 20.1 Å². The number of carbonyl (C=O) groups excluding carboxylic acids is 2. The van der Waals surface area contributed by atoms with Gasteiger partial charge in [0.2, 0.25) is 11.2 Å². The van der Waals surface area contributed by atoms with Crippen molar-refractivity contribution in [2.45, 2.75) is 13.0 Å². The Balaban J connectivity index is 1.77. The Hall–Kier alpha value is -2.68. The summed E-state index contributed by atoms with van der Waals surface area (Å²) in [6.07, 6.45) is 0.202. The summed E-state index contributed by atoms with van der Waals surface area (Å²) < 4.78 is 20.6. The number of anilines is 1. The highest BCUT2D eigenvalue weighted by Gasteiger charge is 2.32. The lowest BCUT2D eigenvalue weighted by atomic mass is 10.2. The zero-order valence-electron chi connectivity index (χ0n) is 12.6. The first kappa shape index (κ1) is 16.2. The summed E-state index contributed by atoms with van der Waals surface area (Å²) in [6, 6.07) is 4.23. The Kier molecular flexibility index (Phi) is 4.34. The van der Waals surface area contributed by atoms with E-state index in [9.17, 15) is 14.0 Å². The fourth-order valence-electron chi connectivity index (χ4n) is 2.30. The van der Waals surface area contributed by atoms with Gasteiger partial charge in [0, 0.05) is 6.92 Å². The lowest BCUT2D eigenvalue weighted by molar-refractivity contribution is -0.119. The highest BCUT2D eigenvalue weighted by atomic mass is 35.5. The van der Waals surface area contributed by atoms with Crippen LogP contribution in [-0.4, -0.2) is 46.0 Å². The molecule has 1 aliphatic rings. The second-order valence-corrected chi connectivity index (χ2v) is 5.49. The van der Waals surface area contributed by atoms with Crippen molar-refractivity contribution in [3.05, 3.63) is 35.6 Å². The molecule has 1 N–H and O–H groups in total. The fraction of sp³-hybridized carbons (Fsp3) is 0.286. The molecular formula is C14H13ClFN5O3. The number of rotatable bonds is 4. The Morgan fingerprint density at radius 1 is 1.54 bits per heavy atom. The van der Waals surface area contributed by atoms with Crippen molar-refractivity contribution >= 4 is 29.3 Å².